The maximum absolute atomic E-state index is 6.09. The minimum atomic E-state index is 0.101. The van der Waals surface area contributed by atoms with E-state index in [0.717, 1.165) is 80.3 Å². The van der Waals surface area contributed by atoms with Crippen LogP contribution in [0.15, 0.2) is 67.1 Å². The average molecular weight is 565 g/mol. The average Bonchev–Trinajstić information content (AvgIpc) is 3.57. The highest BCUT2D eigenvalue weighted by Crippen LogP contribution is 2.31. The molecule has 0 bridgehead atoms. The van der Waals surface area contributed by atoms with E-state index in [-0.39, 0.29) is 5.41 Å². The van der Waals surface area contributed by atoms with Crippen LogP contribution in [0.1, 0.15) is 68.6 Å². The van der Waals surface area contributed by atoms with Crippen LogP contribution >= 0.6 is 0 Å². The van der Waals surface area contributed by atoms with Gasteiger partial charge in [0.2, 0.25) is 5.88 Å². The Balaban J connectivity index is 1.01. The molecule has 2 aliphatic heterocycles. The summed E-state index contributed by atoms with van der Waals surface area (Å²) >= 11 is 0. The van der Waals surface area contributed by atoms with Crippen molar-refractivity contribution < 1.29 is 9.47 Å². The molecule has 5 aromatic rings. The van der Waals surface area contributed by atoms with E-state index >= 15 is 0 Å². The molecule has 2 aliphatic rings. The van der Waals surface area contributed by atoms with Gasteiger partial charge in [-0.15, -0.1) is 0 Å². The highest BCUT2D eigenvalue weighted by Gasteiger charge is 2.26. The molecule has 218 valence electrons. The van der Waals surface area contributed by atoms with E-state index in [0.29, 0.717) is 24.5 Å². The van der Waals surface area contributed by atoms with E-state index in [9.17, 15) is 0 Å². The highest BCUT2D eigenvalue weighted by atomic mass is 16.5. The molecular weight excluding hydrogens is 524 g/mol. The van der Waals surface area contributed by atoms with Gasteiger partial charge in [0.25, 0.3) is 0 Å². The predicted octanol–water partition coefficient (Wildman–Crippen LogP) is 6.12. The van der Waals surface area contributed by atoms with Crippen molar-refractivity contribution in [1.29, 1.82) is 0 Å². The standard InChI is InChI=1S/C34H40N6O2/c1-34(2,3)26-8-9-29-30(19-26)40(21-27-13-18-41-27)32(36-29)22-38-15-11-25(12-16-38)28-5-4-6-33(37-28)42-23-24-7-10-31-35-14-17-39(31)20-24/h4-10,14,17,19-20,25,27H,11-13,15-16,18,21-23H2,1-3H3. The molecule has 0 radical (unpaired) electrons. The summed E-state index contributed by atoms with van der Waals surface area (Å²) in [7, 11) is 0. The quantitative estimate of drug-likeness (QED) is 0.226. The summed E-state index contributed by atoms with van der Waals surface area (Å²) in [5.74, 6) is 2.26. The van der Waals surface area contributed by atoms with E-state index in [4.69, 9.17) is 19.4 Å². The molecule has 42 heavy (non-hydrogen) atoms. The molecule has 1 unspecified atom stereocenters. The topological polar surface area (TPSA) is 69.7 Å². The fourth-order valence-corrected chi connectivity index (χ4v) is 6.13. The van der Waals surface area contributed by atoms with Gasteiger partial charge >= 0.3 is 0 Å². The van der Waals surface area contributed by atoms with Crippen molar-refractivity contribution >= 4 is 16.7 Å². The maximum Gasteiger partial charge on any atom is 0.213 e. The molecular formula is C34H40N6O2. The lowest BCUT2D eigenvalue weighted by atomic mass is 9.87. The summed E-state index contributed by atoms with van der Waals surface area (Å²) in [6, 6.07) is 17.0. The van der Waals surface area contributed by atoms with Gasteiger partial charge in [-0.2, -0.15) is 0 Å². The van der Waals surface area contributed by atoms with Gasteiger partial charge in [0, 0.05) is 48.4 Å². The Labute approximate surface area is 247 Å². The monoisotopic (exact) mass is 564 g/mol. The predicted molar refractivity (Wildman–Crippen MR) is 164 cm³/mol. The summed E-state index contributed by atoms with van der Waals surface area (Å²) < 4.78 is 16.4. The van der Waals surface area contributed by atoms with Crippen molar-refractivity contribution in [3.63, 3.8) is 0 Å². The molecule has 2 fully saturated rings. The normalized spacial score (nSPS) is 18.5. The molecule has 8 heteroatoms. The Morgan fingerprint density at radius 3 is 2.64 bits per heavy atom. The van der Waals surface area contributed by atoms with Gasteiger partial charge < -0.3 is 18.4 Å². The molecule has 4 aromatic heterocycles. The first-order valence-corrected chi connectivity index (χ1v) is 15.2. The van der Waals surface area contributed by atoms with Crippen LogP contribution in [-0.4, -0.2) is 54.6 Å². The van der Waals surface area contributed by atoms with E-state index in [1.807, 2.05) is 22.7 Å². The third-order valence-corrected chi connectivity index (χ3v) is 8.83. The van der Waals surface area contributed by atoms with E-state index < -0.39 is 0 Å². The van der Waals surface area contributed by atoms with Gasteiger partial charge in [0.15, 0.2) is 0 Å². The van der Waals surface area contributed by atoms with Crippen LogP contribution in [0, 0.1) is 0 Å². The molecule has 0 aliphatic carbocycles. The summed E-state index contributed by atoms with van der Waals surface area (Å²) in [5.41, 5.74) is 6.91. The molecule has 8 nitrogen and oxygen atoms in total. The summed E-state index contributed by atoms with van der Waals surface area (Å²) in [5, 5.41) is 0. The first kappa shape index (κ1) is 27.1. The zero-order valence-corrected chi connectivity index (χ0v) is 24.9. The van der Waals surface area contributed by atoms with Crippen molar-refractivity contribution in [3.05, 3.63) is 89.8 Å². The number of hydrogen-bond donors (Lipinski definition) is 0. The van der Waals surface area contributed by atoms with Gasteiger partial charge in [-0.3, -0.25) is 4.90 Å². The fourth-order valence-electron chi connectivity index (χ4n) is 6.13. The summed E-state index contributed by atoms with van der Waals surface area (Å²) in [4.78, 5) is 16.9. The van der Waals surface area contributed by atoms with E-state index in [1.54, 1.807) is 6.20 Å². The third-order valence-electron chi connectivity index (χ3n) is 8.83. The van der Waals surface area contributed by atoms with Crippen LogP contribution in [0.25, 0.3) is 16.7 Å². The lowest BCUT2D eigenvalue weighted by Gasteiger charge is -2.32. The molecule has 0 spiro atoms. The smallest absolute Gasteiger partial charge is 0.213 e. The molecule has 6 heterocycles. The second-order valence-electron chi connectivity index (χ2n) is 12.8. The Kier molecular flexibility index (Phi) is 7.20. The minimum absolute atomic E-state index is 0.101. The second-order valence-corrected chi connectivity index (χ2v) is 12.8. The molecule has 0 saturated carbocycles. The number of fused-ring (bicyclic) bond motifs is 2. The number of imidazole rings is 2. The Bertz CT molecular complexity index is 1690. The zero-order chi connectivity index (χ0) is 28.7. The number of rotatable bonds is 8. The fraction of sp³-hybridized carbons (Fsp3) is 0.441. The SMILES string of the molecule is CC(C)(C)c1ccc2nc(CN3CCC(c4cccc(OCc5ccc6nccn6c5)n4)CC3)n(CC3CCO3)c2c1. The van der Waals surface area contributed by atoms with Crippen molar-refractivity contribution in [3.8, 4) is 5.88 Å². The summed E-state index contributed by atoms with van der Waals surface area (Å²) in [6.07, 6.45) is 9.38. The molecule has 7 rings (SSSR count). The molecule has 0 amide bonds. The van der Waals surface area contributed by atoms with Crippen molar-refractivity contribution in [2.75, 3.05) is 19.7 Å². The maximum atomic E-state index is 6.09. The van der Waals surface area contributed by atoms with Gasteiger partial charge in [-0.25, -0.2) is 15.0 Å². The third kappa shape index (κ3) is 5.65. The van der Waals surface area contributed by atoms with Crippen LogP contribution in [0.2, 0.25) is 0 Å². The summed E-state index contributed by atoms with van der Waals surface area (Å²) in [6.45, 7) is 12.0. The Morgan fingerprint density at radius 2 is 1.86 bits per heavy atom. The van der Waals surface area contributed by atoms with Crippen molar-refractivity contribution in [1.82, 2.24) is 28.8 Å². The number of nitrogens with zero attached hydrogens (tertiary/aromatic N) is 6. The van der Waals surface area contributed by atoms with Gasteiger partial charge in [-0.1, -0.05) is 39.0 Å². The van der Waals surface area contributed by atoms with Crippen LogP contribution < -0.4 is 4.74 Å². The van der Waals surface area contributed by atoms with Crippen LogP contribution in [0.3, 0.4) is 0 Å². The number of likely N-dealkylation sites (tertiary alicyclic amines) is 1. The Hall–Kier alpha value is -3.75. The number of benzene rings is 1. The van der Waals surface area contributed by atoms with Gasteiger partial charge in [-0.05, 0) is 67.6 Å². The number of piperidine rings is 1. The molecule has 1 atom stereocenters. The highest BCUT2D eigenvalue weighted by molar-refractivity contribution is 5.77. The van der Waals surface area contributed by atoms with Crippen molar-refractivity contribution in [2.45, 2.75) is 77.2 Å². The van der Waals surface area contributed by atoms with Crippen LogP contribution in [-0.2, 0) is 29.8 Å². The van der Waals surface area contributed by atoms with Crippen LogP contribution in [0.5, 0.6) is 5.88 Å². The lowest BCUT2D eigenvalue weighted by Crippen LogP contribution is -2.35. The van der Waals surface area contributed by atoms with Crippen LogP contribution in [0.4, 0.5) is 0 Å². The number of hydrogen-bond acceptors (Lipinski definition) is 6. The Morgan fingerprint density at radius 1 is 1.00 bits per heavy atom. The second kappa shape index (κ2) is 11.2. The van der Waals surface area contributed by atoms with E-state index in [1.165, 1.54) is 11.1 Å². The lowest BCUT2D eigenvalue weighted by molar-refractivity contribution is -0.0592. The first-order chi connectivity index (χ1) is 20.4. The number of pyridine rings is 2. The first-order valence-electron chi connectivity index (χ1n) is 15.2. The largest absolute Gasteiger partial charge is 0.473 e. The van der Waals surface area contributed by atoms with Crippen molar-refractivity contribution in [2.24, 2.45) is 0 Å². The van der Waals surface area contributed by atoms with Gasteiger partial charge in [0.1, 0.15) is 18.1 Å². The zero-order valence-electron chi connectivity index (χ0n) is 24.9. The molecule has 2 saturated heterocycles. The molecule has 0 N–H and O–H groups in total. The molecule has 1 aromatic carbocycles. The van der Waals surface area contributed by atoms with Gasteiger partial charge in [0.05, 0.1) is 30.2 Å². The number of aromatic nitrogens is 5. The van der Waals surface area contributed by atoms with E-state index in [2.05, 4.69) is 77.8 Å². The minimum Gasteiger partial charge on any atom is -0.473 e. The number of ether oxygens (including phenoxy) is 2.